The molecule has 1 aromatic heterocycles. The van der Waals surface area contributed by atoms with Crippen LogP contribution in [0.15, 0.2) is 24.4 Å². The molecule has 0 aliphatic heterocycles. The van der Waals surface area contributed by atoms with Gasteiger partial charge in [0.15, 0.2) is 11.5 Å². The van der Waals surface area contributed by atoms with E-state index in [9.17, 15) is 13.2 Å². The van der Waals surface area contributed by atoms with Crippen LogP contribution in [0.3, 0.4) is 0 Å². The minimum atomic E-state index is -3.67. The lowest BCUT2D eigenvalue weighted by atomic mass is 9.75. The van der Waals surface area contributed by atoms with Crippen LogP contribution >= 0.6 is 0 Å². The van der Waals surface area contributed by atoms with Crippen molar-refractivity contribution in [3.63, 3.8) is 0 Å². The third kappa shape index (κ3) is 6.30. The molecule has 2 unspecified atom stereocenters. The minimum Gasteiger partial charge on any atom is -0.493 e. The molecule has 2 atom stereocenters. The van der Waals surface area contributed by atoms with Crippen molar-refractivity contribution in [3.8, 4) is 11.5 Å². The number of anilines is 1. The third-order valence-corrected chi connectivity index (χ3v) is 7.22. The summed E-state index contributed by atoms with van der Waals surface area (Å²) in [6.07, 6.45) is 8.08. The molecule has 0 saturated heterocycles. The first-order chi connectivity index (χ1) is 18.0. The number of aromatic nitrogens is 1. The Hall–Kier alpha value is -3.11. The molecule has 1 heterocycles. The standard InChI is InChI=1S/C27H32N2O4.CH4O3S/c1-15(2)14-33-27(30)29-18-10-23-21-12-25(32-4)24(31-3)11-20(21)19-8-16-6-5-7-17(16)9-22(19)26(23)28-13-18;1-5(2,3)4/h10-13,15-17H,5-9,14H2,1-4H3,(H,29,30);1H3,(H,2,3,4). The van der Waals surface area contributed by atoms with Crippen LogP contribution in [0, 0.1) is 17.8 Å². The largest absolute Gasteiger partial charge is 0.493 e. The van der Waals surface area contributed by atoms with Gasteiger partial charge in [0.1, 0.15) is 0 Å². The Morgan fingerprint density at radius 3 is 2.18 bits per heavy atom. The molecule has 2 N–H and O–H groups in total. The maximum Gasteiger partial charge on any atom is 0.411 e. The van der Waals surface area contributed by atoms with Crippen molar-refractivity contribution in [2.24, 2.45) is 17.8 Å². The molecule has 0 bridgehead atoms. The van der Waals surface area contributed by atoms with E-state index in [1.54, 1.807) is 20.4 Å². The van der Waals surface area contributed by atoms with Gasteiger partial charge in [-0.1, -0.05) is 20.3 Å². The summed E-state index contributed by atoms with van der Waals surface area (Å²) in [4.78, 5) is 17.1. The molecule has 9 nitrogen and oxygen atoms in total. The molecule has 0 radical (unpaired) electrons. The summed E-state index contributed by atoms with van der Waals surface area (Å²) in [5.41, 5.74) is 4.39. The topological polar surface area (TPSA) is 124 Å². The number of carbonyl (C=O) groups is 1. The summed E-state index contributed by atoms with van der Waals surface area (Å²) in [6.45, 7) is 4.40. The number of hydrogen-bond acceptors (Lipinski definition) is 7. The molecule has 2 aliphatic rings. The van der Waals surface area contributed by atoms with E-state index < -0.39 is 16.2 Å². The van der Waals surface area contributed by atoms with Gasteiger partial charge in [0.05, 0.1) is 44.5 Å². The highest BCUT2D eigenvalue weighted by Gasteiger charge is 2.34. The average Bonchev–Trinajstić information content (AvgIpc) is 3.32. The Morgan fingerprint density at radius 2 is 1.61 bits per heavy atom. The lowest BCUT2D eigenvalue weighted by molar-refractivity contribution is 0.147. The second-order valence-electron chi connectivity index (χ2n) is 10.5. The van der Waals surface area contributed by atoms with Crippen LogP contribution in [0.1, 0.15) is 44.2 Å². The first kappa shape index (κ1) is 27.9. The van der Waals surface area contributed by atoms with Crippen molar-refractivity contribution in [2.75, 3.05) is 32.4 Å². The van der Waals surface area contributed by atoms with Gasteiger partial charge in [-0.2, -0.15) is 8.42 Å². The van der Waals surface area contributed by atoms with E-state index in [4.69, 9.17) is 23.7 Å². The van der Waals surface area contributed by atoms with Gasteiger partial charge in [-0.3, -0.25) is 14.9 Å². The van der Waals surface area contributed by atoms with Crippen molar-refractivity contribution in [3.05, 3.63) is 35.5 Å². The van der Waals surface area contributed by atoms with Crippen LogP contribution in [0.4, 0.5) is 10.5 Å². The van der Waals surface area contributed by atoms with Gasteiger partial charge >= 0.3 is 6.09 Å². The second-order valence-corrected chi connectivity index (χ2v) is 12.0. The fourth-order valence-corrected chi connectivity index (χ4v) is 5.66. The first-order valence-corrected chi connectivity index (χ1v) is 14.7. The maximum atomic E-state index is 12.3. The molecule has 0 spiro atoms. The summed E-state index contributed by atoms with van der Waals surface area (Å²) in [7, 11) is -0.333. The van der Waals surface area contributed by atoms with Gasteiger partial charge in [0, 0.05) is 5.39 Å². The monoisotopic (exact) mass is 544 g/mol. The number of amides is 1. The molecule has 2 aliphatic carbocycles. The SMILES string of the molecule is COc1cc2c3c(c4ncc(NC(=O)OCC(C)C)cc4c2cc1OC)CC1CCCC1C3.CS(=O)(=O)O. The molecule has 10 heteroatoms. The zero-order valence-corrected chi connectivity index (χ0v) is 23.4. The zero-order valence-electron chi connectivity index (χ0n) is 22.5. The van der Waals surface area contributed by atoms with E-state index in [0.717, 1.165) is 46.7 Å². The Morgan fingerprint density at radius 1 is 1.03 bits per heavy atom. The van der Waals surface area contributed by atoms with Crippen molar-refractivity contribution in [1.82, 2.24) is 4.98 Å². The number of fused-ring (bicyclic) bond motifs is 7. The molecular formula is C28H36N2O7S. The van der Waals surface area contributed by atoms with Gasteiger partial charge < -0.3 is 14.2 Å². The number of benzene rings is 2. The van der Waals surface area contributed by atoms with Crippen LogP contribution < -0.4 is 14.8 Å². The minimum absolute atomic E-state index is 0.280. The number of methoxy groups -OCH3 is 2. The lowest BCUT2D eigenvalue weighted by Crippen LogP contribution is -2.21. The van der Waals surface area contributed by atoms with Crippen LogP contribution in [0.25, 0.3) is 21.7 Å². The van der Waals surface area contributed by atoms with E-state index >= 15 is 0 Å². The van der Waals surface area contributed by atoms with Gasteiger partial charge in [-0.25, -0.2) is 4.79 Å². The summed E-state index contributed by atoms with van der Waals surface area (Å²) in [5.74, 6) is 3.20. The van der Waals surface area contributed by atoms with E-state index in [1.807, 2.05) is 26.0 Å². The molecule has 206 valence electrons. The maximum absolute atomic E-state index is 12.3. The highest BCUT2D eigenvalue weighted by atomic mass is 32.2. The predicted molar refractivity (Wildman–Crippen MR) is 148 cm³/mol. The molecule has 1 saturated carbocycles. The molecule has 3 aromatic rings. The highest BCUT2D eigenvalue weighted by Crippen LogP contribution is 2.47. The van der Waals surface area contributed by atoms with Crippen LogP contribution in [0.2, 0.25) is 0 Å². The number of pyridine rings is 1. The van der Waals surface area contributed by atoms with Crippen LogP contribution in [-0.4, -0.2) is 51.1 Å². The molecular weight excluding hydrogens is 508 g/mol. The van der Waals surface area contributed by atoms with Crippen molar-refractivity contribution in [2.45, 2.75) is 46.0 Å². The van der Waals surface area contributed by atoms with Gasteiger partial charge in [-0.15, -0.1) is 0 Å². The molecule has 2 aromatic carbocycles. The lowest BCUT2D eigenvalue weighted by Gasteiger charge is -2.30. The summed E-state index contributed by atoms with van der Waals surface area (Å²) in [5, 5.41) is 6.13. The van der Waals surface area contributed by atoms with E-state index in [-0.39, 0.29) is 5.92 Å². The summed E-state index contributed by atoms with van der Waals surface area (Å²) < 4.78 is 42.4. The van der Waals surface area contributed by atoms with Gasteiger partial charge in [0.2, 0.25) is 0 Å². The van der Waals surface area contributed by atoms with Gasteiger partial charge in [0.25, 0.3) is 10.1 Å². The fraction of sp³-hybridized carbons (Fsp3) is 0.500. The van der Waals surface area contributed by atoms with E-state index in [1.165, 1.54) is 35.8 Å². The first-order valence-electron chi connectivity index (χ1n) is 12.8. The quantitative estimate of drug-likeness (QED) is 0.313. The smallest absolute Gasteiger partial charge is 0.411 e. The number of rotatable bonds is 5. The van der Waals surface area contributed by atoms with Crippen molar-refractivity contribution < 1.29 is 32.0 Å². The Balaban J connectivity index is 0.000000617. The molecule has 5 rings (SSSR count). The Kier molecular flexibility index (Phi) is 8.32. The summed E-state index contributed by atoms with van der Waals surface area (Å²) >= 11 is 0. The zero-order chi connectivity index (χ0) is 27.6. The number of nitrogens with one attached hydrogen (secondary N) is 1. The molecule has 1 fully saturated rings. The van der Waals surface area contributed by atoms with Crippen LogP contribution in [0.5, 0.6) is 11.5 Å². The number of carbonyl (C=O) groups excluding carboxylic acids is 1. The average molecular weight is 545 g/mol. The van der Waals surface area contributed by atoms with Crippen molar-refractivity contribution in [1.29, 1.82) is 0 Å². The second kappa shape index (κ2) is 11.3. The predicted octanol–water partition coefficient (Wildman–Crippen LogP) is 5.63. The fourth-order valence-electron chi connectivity index (χ4n) is 5.66. The van der Waals surface area contributed by atoms with Gasteiger partial charge in [-0.05, 0) is 83.5 Å². The molecule has 38 heavy (non-hydrogen) atoms. The molecule has 1 amide bonds. The number of nitrogens with zero attached hydrogens (tertiary/aromatic N) is 1. The highest BCUT2D eigenvalue weighted by molar-refractivity contribution is 7.85. The van der Waals surface area contributed by atoms with Crippen LogP contribution in [-0.2, 0) is 27.7 Å². The summed E-state index contributed by atoms with van der Waals surface area (Å²) in [6, 6.07) is 6.16. The van der Waals surface area contributed by atoms with E-state index in [2.05, 4.69) is 11.4 Å². The number of ether oxygens (including phenoxy) is 3. The number of hydrogen-bond donors (Lipinski definition) is 2. The Labute approximate surface area is 223 Å². The van der Waals surface area contributed by atoms with E-state index in [0.29, 0.717) is 24.3 Å². The van der Waals surface area contributed by atoms with Crippen molar-refractivity contribution >= 4 is 43.6 Å². The third-order valence-electron chi connectivity index (χ3n) is 7.22. The normalized spacial score (nSPS) is 18.4. The Bertz CT molecular complexity index is 1450.